The van der Waals surface area contributed by atoms with E-state index in [0.717, 1.165) is 19.0 Å². The molecule has 1 saturated heterocycles. The summed E-state index contributed by atoms with van der Waals surface area (Å²) in [6.07, 6.45) is 2.59. The molecule has 0 unspecified atom stereocenters. The largest absolute Gasteiger partial charge is 0.384 e. The summed E-state index contributed by atoms with van der Waals surface area (Å²) in [6, 6.07) is 19.5. The van der Waals surface area contributed by atoms with Crippen LogP contribution in [0.15, 0.2) is 60.0 Å². The Labute approximate surface area is 148 Å². The van der Waals surface area contributed by atoms with Crippen LogP contribution in [0.1, 0.15) is 18.4 Å². The van der Waals surface area contributed by atoms with E-state index in [1.165, 1.54) is 47.3 Å². The van der Waals surface area contributed by atoms with Crippen LogP contribution in [0.25, 0.3) is 10.1 Å². The quantitative estimate of drug-likeness (QED) is 0.687. The fraction of sp³-hybridized carbons (Fsp3) is 0.333. The highest BCUT2D eigenvalue weighted by Crippen LogP contribution is 2.30. The molecule has 0 radical (unpaired) electrons. The number of benzene rings is 2. The number of fused-ring (bicyclic) bond motifs is 1. The molecule has 1 aliphatic heterocycles. The standard InChI is InChI=1S/C21H24N2S/c1-2-6-18(7-3-1)15-23-12-10-17(11-13-23)14-22-20-16-24-21-9-5-4-8-19(20)21/h1-9,16-17,22H,10-15H2. The zero-order valence-corrected chi connectivity index (χ0v) is 14.8. The van der Waals surface area contributed by atoms with Crippen LogP contribution in [0.2, 0.25) is 0 Å². The molecule has 124 valence electrons. The highest BCUT2D eigenvalue weighted by Gasteiger charge is 2.19. The maximum Gasteiger partial charge on any atom is 0.0529 e. The Morgan fingerprint density at radius 2 is 1.71 bits per heavy atom. The first kappa shape index (κ1) is 15.7. The third-order valence-electron chi connectivity index (χ3n) is 5.02. The lowest BCUT2D eigenvalue weighted by atomic mass is 9.96. The maximum atomic E-state index is 3.69. The van der Waals surface area contributed by atoms with E-state index in [2.05, 4.69) is 70.2 Å². The van der Waals surface area contributed by atoms with Gasteiger partial charge in [-0.3, -0.25) is 4.90 Å². The summed E-state index contributed by atoms with van der Waals surface area (Å²) < 4.78 is 1.37. The topological polar surface area (TPSA) is 15.3 Å². The molecule has 24 heavy (non-hydrogen) atoms. The lowest BCUT2D eigenvalue weighted by Crippen LogP contribution is -2.35. The summed E-state index contributed by atoms with van der Waals surface area (Å²) in [4.78, 5) is 2.59. The number of nitrogens with one attached hydrogen (secondary N) is 1. The molecule has 3 heteroatoms. The Hall–Kier alpha value is -1.84. The maximum absolute atomic E-state index is 3.69. The van der Waals surface area contributed by atoms with E-state index in [1.807, 2.05) is 11.3 Å². The lowest BCUT2D eigenvalue weighted by Gasteiger charge is -2.32. The Kier molecular flexibility index (Phi) is 4.81. The molecule has 2 aromatic carbocycles. The summed E-state index contributed by atoms with van der Waals surface area (Å²) in [6.45, 7) is 4.62. The van der Waals surface area contributed by atoms with Crippen molar-refractivity contribution in [3.05, 3.63) is 65.5 Å². The molecule has 2 heterocycles. The van der Waals surface area contributed by atoms with E-state index in [-0.39, 0.29) is 0 Å². The summed E-state index contributed by atoms with van der Waals surface area (Å²) in [5.41, 5.74) is 2.74. The predicted octanol–water partition coefficient (Wildman–Crippen LogP) is 5.23. The molecule has 1 aliphatic rings. The zero-order valence-electron chi connectivity index (χ0n) is 13.9. The Morgan fingerprint density at radius 3 is 2.54 bits per heavy atom. The van der Waals surface area contributed by atoms with Crippen LogP contribution in [0.4, 0.5) is 5.69 Å². The van der Waals surface area contributed by atoms with Crippen molar-refractivity contribution in [2.45, 2.75) is 19.4 Å². The predicted molar refractivity (Wildman–Crippen MR) is 105 cm³/mol. The molecule has 3 aromatic rings. The van der Waals surface area contributed by atoms with Gasteiger partial charge in [0.15, 0.2) is 0 Å². The van der Waals surface area contributed by atoms with Crippen LogP contribution < -0.4 is 5.32 Å². The molecule has 1 N–H and O–H groups in total. The molecule has 0 saturated carbocycles. The summed E-state index contributed by atoms with van der Waals surface area (Å²) >= 11 is 1.83. The van der Waals surface area contributed by atoms with E-state index in [4.69, 9.17) is 0 Å². The average molecular weight is 337 g/mol. The van der Waals surface area contributed by atoms with Crippen LogP contribution in [-0.4, -0.2) is 24.5 Å². The van der Waals surface area contributed by atoms with Gasteiger partial charge in [0.25, 0.3) is 0 Å². The average Bonchev–Trinajstić information content (AvgIpc) is 3.05. The van der Waals surface area contributed by atoms with Gasteiger partial charge < -0.3 is 5.32 Å². The van der Waals surface area contributed by atoms with Gasteiger partial charge in [-0.1, -0.05) is 48.5 Å². The van der Waals surface area contributed by atoms with Crippen molar-refractivity contribution in [3.8, 4) is 0 Å². The third-order valence-corrected chi connectivity index (χ3v) is 5.98. The number of hydrogen-bond donors (Lipinski definition) is 1. The molecule has 4 rings (SSSR count). The van der Waals surface area contributed by atoms with E-state index in [9.17, 15) is 0 Å². The minimum atomic E-state index is 0.788. The first-order chi connectivity index (χ1) is 11.9. The molecule has 0 bridgehead atoms. The van der Waals surface area contributed by atoms with Crippen LogP contribution in [0.5, 0.6) is 0 Å². The van der Waals surface area contributed by atoms with Gasteiger partial charge in [-0.2, -0.15) is 0 Å². The minimum absolute atomic E-state index is 0.788. The van der Waals surface area contributed by atoms with Crippen LogP contribution in [0.3, 0.4) is 0 Å². The number of likely N-dealkylation sites (tertiary alicyclic amines) is 1. The van der Waals surface area contributed by atoms with Gasteiger partial charge in [-0.15, -0.1) is 11.3 Å². The van der Waals surface area contributed by atoms with Gasteiger partial charge in [0.05, 0.1) is 5.69 Å². The van der Waals surface area contributed by atoms with Gasteiger partial charge in [-0.05, 0) is 43.5 Å². The highest BCUT2D eigenvalue weighted by molar-refractivity contribution is 7.17. The minimum Gasteiger partial charge on any atom is -0.384 e. The number of anilines is 1. The van der Waals surface area contributed by atoms with Crippen molar-refractivity contribution in [1.29, 1.82) is 0 Å². The van der Waals surface area contributed by atoms with Gasteiger partial charge in [0.2, 0.25) is 0 Å². The molecule has 1 fully saturated rings. The molecule has 1 aromatic heterocycles. The van der Waals surface area contributed by atoms with Crippen molar-refractivity contribution in [1.82, 2.24) is 4.90 Å². The number of nitrogens with zero attached hydrogens (tertiary/aromatic N) is 1. The van der Waals surface area contributed by atoms with Crippen molar-refractivity contribution in [2.75, 3.05) is 25.0 Å². The highest BCUT2D eigenvalue weighted by atomic mass is 32.1. The summed E-state index contributed by atoms with van der Waals surface area (Å²) in [7, 11) is 0. The first-order valence-electron chi connectivity index (χ1n) is 8.85. The fourth-order valence-corrected chi connectivity index (χ4v) is 4.48. The van der Waals surface area contributed by atoms with Crippen molar-refractivity contribution in [2.24, 2.45) is 5.92 Å². The van der Waals surface area contributed by atoms with E-state index in [1.54, 1.807) is 0 Å². The normalized spacial score (nSPS) is 16.5. The monoisotopic (exact) mass is 336 g/mol. The number of piperidine rings is 1. The molecule has 0 atom stereocenters. The van der Waals surface area contributed by atoms with Crippen molar-refractivity contribution < 1.29 is 0 Å². The van der Waals surface area contributed by atoms with E-state index < -0.39 is 0 Å². The number of hydrogen-bond acceptors (Lipinski definition) is 3. The summed E-state index contributed by atoms with van der Waals surface area (Å²) in [5, 5.41) is 7.32. The number of rotatable bonds is 5. The van der Waals surface area contributed by atoms with Crippen LogP contribution in [-0.2, 0) is 6.54 Å². The molecule has 2 nitrogen and oxygen atoms in total. The second kappa shape index (κ2) is 7.37. The molecule has 0 spiro atoms. The van der Waals surface area contributed by atoms with Crippen LogP contribution >= 0.6 is 11.3 Å². The van der Waals surface area contributed by atoms with Crippen molar-refractivity contribution in [3.63, 3.8) is 0 Å². The second-order valence-electron chi connectivity index (χ2n) is 6.73. The SMILES string of the molecule is c1ccc(CN2CCC(CNc3csc4ccccc34)CC2)cc1. The Morgan fingerprint density at radius 1 is 0.958 bits per heavy atom. The second-order valence-corrected chi connectivity index (χ2v) is 7.64. The summed E-state index contributed by atoms with van der Waals surface area (Å²) in [5.74, 6) is 0.788. The van der Waals surface area contributed by atoms with Gasteiger partial charge in [-0.25, -0.2) is 0 Å². The van der Waals surface area contributed by atoms with E-state index in [0.29, 0.717) is 0 Å². The van der Waals surface area contributed by atoms with E-state index >= 15 is 0 Å². The van der Waals surface area contributed by atoms with Crippen molar-refractivity contribution >= 4 is 27.1 Å². The smallest absolute Gasteiger partial charge is 0.0529 e. The molecular weight excluding hydrogens is 312 g/mol. The molecular formula is C21H24N2S. The Balaban J connectivity index is 1.27. The van der Waals surface area contributed by atoms with Crippen LogP contribution in [0, 0.1) is 5.92 Å². The molecule has 0 amide bonds. The molecule has 0 aliphatic carbocycles. The van der Waals surface area contributed by atoms with Gasteiger partial charge >= 0.3 is 0 Å². The first-order valence-corrected chi connectivity index (χ1v) is 9.73. The third kappa shape index (κ3) is 3.63. The fourth-order valence-electron chi connectivity index (χ4n) is 3.56. The lowest BCUT2D eigenvalue weighted by molar-refractivity contribution is 0.182. The van der Waals surface area contributed by atoms with Gasteiger partial charge in [0, 0.05) is 28.6 Å². The number of thiophene rings is 1. The Bertz CT molecular complexity index is 773. The zero-order chi connectivity index (χ0) is 16.2. The van der Waals surface area contributed by atoms with Gasteiger partial charge in [0.1, 0.15) is 0 Å².